The summed E-state index contributed by atoms with van der Waals surface area (Å²) in [4.78, 5) is 0. The molecular weight excluding hydrogens is 268 g/mol. The highest BCUT2D eigenvalue weighted by Crippen LogP contribution is 2.46. The maximum atomic E-state index is 2.54. The summed E-state index contributed by atoms with van der Waals surface area (Å²) in [6.45, 7) is 5.09. The molecule has 1 heteroatoms. The molecule has 0 spiro atoms. The number of fused-ring (bicyclic) bond motifs is 2. The van der Waals surface area contributed by atoms with Gasteiger partial charge in [0, 0.05) is 0 Å². The fraction of sp³-hybridized carbons (Fsp3) is 0.200. The number of allylic oxidation sites excluding steroid dienone is 2. The van der Waals surface area contributed by atoms with E-state index in [4.69, 9.17) is 0 Å². The van der Waals surface area contributed by atoms with Crippen molar-refractivity contribution in [3.8, 4) is 0 Å². The SMILES string of the molecule is C[Si](C)(C1C=Cc2ccccc21)C1C=Cc2ccccc21. The van der Waals surface area contributed by atoms with E-state index in [1.807, 2.05) is 0 Å². The van der Waals surface area contributed by atoms with E-state index in [0.717, 1.165) is 0 Å². The molecule has 2 aromatic rings. The van der Waals surface area contributed by atoms with Crippen molar-refractivity contribution in [2.24, 2.45) is 0 Å². The average Bonchev–Trinajstić information content (AvgIpc) is 3.12. The van der Waals surface area contributed by atoms with Crippen LogP contribution in [0.5, 0.6) is 0 Å². The Hall–Kier alpha value is -1.86. The Bertz CT molecular complexity index is 688. The lowest BCUT2D eigenvalue weighted by molar-refractivity contribution is 1.05. The minimum atomic E-state index is -1.51. The molecule has 2 unspecified atom stereocenters. The fourth-order valence-electron chi connectivity index (χ4n) is 3.99. The van der Waals surface area contributed by atoms with Gasteiger partial charge in [0.25, 0.3) is 0 Å². The van der Waals surface area contributed by atoms with Crippen LogP contribution in [-0.2, 0) is 0 Å². The van der Waals surface area contributed by atoms with Crippen molar-refractivity contribution >= 4 is 20.2 Å². The molecule has 0 fully saturated rings. The largest absolute Gasteiger partial charge is 0.0791 e. The molecule has 0 aromatic heterocycles. The van der Waals surface area contributed by atoms with Gasteiger partial charge in [-0.3, -0.25) is 0 Å². The van der Waals surface area contributed by atoms with Gasteiger partial charge in [-0.15, -0.1) is 0 Å². The standard InChI is InChI=1S/C20H20Si/c1-21(2,19-13-11-15-7-3-5-9-17(15)19)20-14-12-16-8-4-6-10-18(16)20/h3-14,19-20H,1-2H3. The van der Waals surface area contributed by atoms with E-state index in [-0.39, 0.29) is 0 Å². The van der Waals surface area contributed by atoms with E-state index >= 15 is 0 Å². The molecule has 0 radical (unpaired) electrons. The molecule has 0 amide bonds. The minimum Gasteiger partial charge on any atom is -0.0791 e. The topological polar surface area (TPSA) is 0 Å². The van der Waals surface area contributed by atoms with Crippen LogP contribution in [0.25, 0.3) is 12.2 Å². The van der Waals surface area contributed by atoms with E-state index < -0.39 is 8.07 Å². The van der Waals surface area contributed by atoms with Crippen molar-refractivity contribution in [2.45, 2.75) is 24.2 Å². The van der Waals surface area contributed by atoms with E-state index in [2.05, 4.69) is 85.9 Å². The molecule has 0 saturated carbocycles. The molecule has 2 aromatic carbocycles. The monoisotopic (exact) mass is 288 g/mol. The first-order valence-corrected chi connectivity index (χ1v) is 10.9. The Kier molecular flexibility index (Phi) is 2.80. The predicted octanol–water partition coefficient (Wildman–Crippen LogP) is 5.39. The summed E-state index contributed by atoms with van der Waals surface area (Å²) in [5.41, 5.74) is 7.14. The second-order valence-corrected chi connectivity index (χ2v) is 11.6. The zero-order valence-corrected chi connectivity index (χ0v) is 13.6. The summed E-state index contributed by atoms with van der Waals surface area (Å²) < 4.78 is 0. The summed E-state index contributed by atoms with van der Waals surface area (Å²) in [6, 6.07) is 17.8. The third-order valence-electron chi connectivity index (χ3n) is 5.20. The van der Waals surface area contributed by atoms with Crippen molar-refractivity contribution < 1.29 is 0 Å². The van der Waals surface area contributed by atoms with E-state index in [0.29, 0.717) is 11.1 Å². The second kappa shape index (κ2) is 4.57. The van der Waals surface area contributed by atoms with Crippen molar-refractivity contribution in [1.29, 1.82) is 0 Å². The number of rotatable bonds is 2. The van der Waals surface area contributed by atoms with Crippen molar-refractivity contribution in [3.05, 3.63) is 82.9 Å². The first kappa shape index (κ1) is 12.8. The Morgan fingerprint density at radius 3 is 1.57 bits per heavy atom. The third-order valence-corrected chi connectivity index (χ3v) is 9.41. The molecule has 4 rings (SSSR count). The zero-order valence-electron chi connectivity index (χ0n) is 12.6. The summed E-state index contributed by atoms with van der Waals surface area (Å²) >= 11 is 0. The highest BCUT2D eigenvalue weighted by atomic mass is 28.3. The minimum absolute atomic E-state index is 0.620. The van der Waals surface area contributed by atoms with Crippen LogP contribution >= 0.6 is 0 Å². The second-order valence-electron chi connectivity index (χ2n) is 6.75. The van der Waals surface area contributed by atoms with Crippen molar-refractivity contribution in [2.75, 3.05) is 0 Å². The fourth-order valence-corrected chi connectivity index (χ4v) is 7.69. The Morgan fingerprint density at radius 1 is 0.667 bits per heavy atom. The smallest absolute Gasteiger partial charge is 0.0715 e. The van der Waals surface area contributed by atoms with Gasteiger partial charge >= 0.3 is 0 Å². The molecule has 2 aliphatic rings. The van der Waals surface area contributed by atoms with Crippen molar-refractivity contribution in [1.82, 2.24) is 0 Å². The van der Waals surface area contributed by atoms with Crippen LogP contribution in [0.4, 0.5) is 0 Å². The number of hydrogen-bond acceptors (Lipinski definition) is 0. The third kappa shape index (κ3) is 1.88. The molecular formula is C20H20Si. The summed E-state index contributed by atoms with van der Waals surface area (Å²) in [5.74, 6) is 0. The van der Waals surface area contributed by atoms with Gasteiger partial charge in [0.05, 0.1) is 8.07 Å². The molecule has 2 aliphatic carbocycles. The van der Waals surface area contributed by atoms with E-state index in [9.17, 15) is 0 Å². The van der Waals surface area contributed by atoms with Crippen LogP contribution in [0.15, 0.2) is 60.7 Å². The molecule has 0 nitrogen and oxygen atoms in total. The first-order chi connectivity index (χ1) is 10.2. The molecule has 0 saturated heterocycles. The molecule has 0 aliphatic heterocycles. The van der Waals surface area contributed by atoms with E-state index in [1.165, 1.54) is 22.3 Å². The van der Waals surface area contributed by atoms with Gasteiger partial charge in [-0.1, -0.05) is 85.9 Å². The van der Waals surface area contributed by atoms with Gasteiger partial charge in [0.1, 0.15) is 0 Å². The van der Waals surface area contributed by atoms with Gasteiger partial charge in [0.2, 0.25) is 0 Å². The summed E-state index contributed by atoms with van der Waals surface area (Å²) in [5, 5.41) is 0. The average molecular weight is 288 g/mol. The van der Waals surface area contributed by atoms with Gasteiger partial charge < -0.3 is 0 Å². The highest BCUT2D eigenvalue weighted by Gasteiger charge is 2.42. The van der Waals surface area contributed by atoms with Crippen LogP contribution in [0.3, 0.4) is 0 Å². The molecule has 0 bridgehead atoms. The lowest BCUT2D eigenvalue weighted by Gasteiger charge is -2.35. The van der Waals surface area contributed by atoms with Crippen LogP contribution in [0.2, 0.25) is 13.1 Å². The molecule has 0 heterocycles. The van der Waals surface area contributed by atoms with Crippen LogP contribution < -0.4 is 0 Å². The summed E-state index contributed by atoms with van der Waals surface area (Å²) in [6.07, 6.45) is 9.54. The Balaban J connectivity index is 1.76. The number of hydrogen-bond donors (Lipinski definition) is 0. The van der Waals surface area contributed by atoms with Crippen LogP contribution in [-0.4, -0.2) is 8.07 Å². The lowest BCUT2D eigenvalue weighted by Crippen LogP contribution is -2.39. The van der Waals surface area contributed by atoms with Gasteiger partial charge in [0.15, 0.2) is 0 Å². The van der Waals surface area contributed by atoms with Crippen LogP contribution in [0.1, 0.15) is 33.3 Å². The molecule has 104 valence electrons. The Labute approximate surface area is 127 Å². The Morgan fingerprint density at radius 2 is 1.10 bits per heavy atom. The van der Waals surface area contributed by atoms with Gasteiger partial charge in [-0.25, -0.2) is 0 Å². The summed E-state index contributed by atoms with van der Waals surface area (Å²) in [7, 11) is -1.51. The zero-order chi connectivity index (χ0) is 14.4. The number of benzene rings is 2. The molecule has 0 N–H and O–H groups in total. The maximum Gasteiger partial charge on any atom is 0.0715 e. The predicted molar refractivity (Wildman–Crippen MR) is 93.9 cm³/mol. The highest BCUT2D eigenvalue weighted by molar-refractivity contribution is 6.81. The van der Waals surface area contributed by atoms with Gasteiger partial charge in [-0.05, 0) is 33.3 Å². The first-order valence-electron chi connectivity index (χ1n) is 7.72. The normalized spacial score (nSPS) is 22.4. The quantitative estimate of drug-likeness (QED) is 0.650. The lowest BCUT2D eigenvalue weighted by atomic mass is 10.1. The molecule has 2 atom stereocenters. The van der Waals surface area contributed by atoms with Crippen LogP contribution in [0, 0.1) is 0 Å². The van der Waals surface area contributed by atoms with Crippen molar-refractivity contribution in [3.63, 3.8) is 0 Å². The maximum absolute atomic E-state index is 2.54. The van der Waals surface area contributed by atoms with Gasteiger partial charge in [-0.2, -0.15) is 0 Å². The molecule has 21 heavy (non-hydrogen) atoms. The van der Waals surface area contributed by atoms with E-state index in [1.54, 1.807) is 0 Å².